The normalized spacial score (nSPS) is 12.9. The molecule has 1 aromatic rings. The van der Waals surface area contributed by atoms with Crippen molar-refractivity contribution in [2.75, 3.05) is 0 Å². The van der Waals surface area contributed by atoms with Gasteiger partial charge in [-0.3, -0.25) is 4.79 Å². The number of rotatable bonds is 3. The van der Waals surface area contributed by atoms with Gasteiger partial charge in [0.25, 0.3) is 6.43 Å². The Balaban J connectivity index is 3.28. The Kier molecular flexibility index (Phi) is 4.99. The molecule has 0 saturated carbocycles. The minimum Gasteiger partial charge on any atom is -0.872 e. The van der Waals surface area contributed by atoms with Gasteiger partial charge in [0.15, 0.2) is 0 Å². The molecule has 0 aliphatic heterocycles. The second-order valence-corrected chi connectivity index (χ2v) is 4.34. The van der Waals surface area contributed by atoms with Crippen molar-refractivity contribution in [1.29, 1.82) is 0 Å². The summed E-state index contributed by atoms with van der Waals surface area (Å²) in [6.45, 7) is 0. The Morgan fingerprint density at radius 3 is 2.00 bits per heavy atom. The Labute approximate surface area is 119 Å². The van der Waals surface area contributed by atoms with E-state index in [0.717, 1.165) is 0 Å². The van der Waals surface area contributed by atoms with E-state index in [1.807, 2.05) is 0 Å². The summed E-state index contributed by atoms with van der Waals surface area (Å²) in [4.78, 5) is 10.7. The molecular formula is C11H4Cl2F5O2-. The molecule has 0 fully saturated rings. The molecule has 0 unspecified atom stereocenters. The fourth-order valence-corrected chi connectivity index (χ4v) is 1.96. The lowest BCUT2D eigenvalue weighted by atomic mass is 10.1. The van der Waals surface area contributed by atoms with Crippen LogP contribution in [-0.4, -0.2) is 12.2 Å². The van der Waals surface area contributed by atoms with Crippen molar-refractivity contribution in [3.8, 4) is 0 Å². The van der Waals surface area contributed by atoms with Crippen LogP contribution in [0, 0.1) is 0 Å². The smallest absolute Gasteiger partial charge is 0.419 e. The summed E-state index contributed by atoms with van der Waals surface area (Å²) in [6, 6.07) is 1.21. The van der Waals surface area contributed by atoms with Gasteiger partial charge in [-0.25, -0.2) is 8.78 Å². The van der Waals surface area contributed by atoms with Crippen molar-refractivity contribution >= 4 is 34.7 Å². The van der Waals surface area contributed by atoms with Crippen molar-refractivity contribution in [3.05, 3.63) is 39.4 Å². The van der Waals surface area contributed by atoms with Crippen molar-refractivity contribution < 1.29 is 31.9 Å². The van der Waals surface area contributed by atoms with Crippen LogP contribution in [0.3, 0.4) is 0 Å². The van der Waals surface area contributed by atoms with Gasteiger partial charge in [-0.2, -0.15) is 13.2 Å². The second-order valence-electron chi connectivity index (χ2n) is 3.52. The first kappa shape index (κ1) is 16.7. The van der Waals surface area contributed by atoms with E-state index in [2.05, 4.69) is 0 Å². The average Bonchev–Trinajstić information content (AvgIpc) is 2.25. The molecule has 1 aromatic carbocycles. The van der Waals surface area contributed by atoms with Gasteiger partial charge >= 0.3 is 6.18 Å². The first-order chi connectivity index (χ1) is 9.04. The van der Waals surface area contributed by atoms with Crippen molar-refractivity contribution in [3.63, 3.8) is 0 Å². The Morgan fingerprint density at radius 2 is 1.65 bits per heavy atom. The highest BCUT2D eigenvalue weighted by molar-refractivity contribution is 6.36. The summed E-state index contributed by atoms with van der Waals surface area (Å²) in [7, 11) is 0. The van der Waals surface area contributed by atoms with Gasteiger partial charge in [-0.15, -0.1) is 0 Å². The molecule has 20 heavy (non-hydrogen) atoms. The van der Waals surface area contributed by atoms with Crippen molar-refractivity contribution in [1.82, 2.24) is 0 Å². The van der Waals surface area contributed by atoms with Crippen LogP contribution < -0.4 is 5.11 Å². The van der Waals surface area contributed by atoms with Crippen molar-refractivity contribution in [2.24, 2.45) is 0 Å². The van der Waals surface area contributed by atoms with E-state index in [4.69, 9.17) is 23.2 Å². The van der Waals surface area contributed by atoms with Gasteiger partial charge in [0, 0.05) is 0 Å². The molecule has 0 saturated heterocycles. The first-order valence-electron chi connectivity index (χ1n) is 4.81. The molecule has 0 amide bonds. The van der Waals surface area contributed by atoms with E-state index in [9.17, 15) is 31.9 Å². The largest absolute Gasteiger partial charge is 0.872 e. The number of allylic oxidation sites excluding steroid dienone is 1. The molecule has 9 heteroatoms. The maximum Gasteiger partial charge on any atom is 0.419 e. The molecule has 0 bridgehead atoms. The van der Waals surface area contributed by atoms with Crippen LogP contribution in [0.4, 0.5) is 22.0 Å². The highest BCUT2D eigenvalue weighted by Gasteiger charge is 2.36. The summed E-state index contributed by atoms with van der Waals surface area (Å²) in [5.41, 5.74) is -1.85. The predicted octanol–water partition coefficient (Wildman–Crippen LogP) is 3.55. The zero-order valence-corrected chi connectivity index (χ0v) is 10.8. The van der Waals surface area contributed by atoms with Gasteiger partial charge in [-0.1, -0.05) is 29.0 Å². The molecule has 0 heterocycles. The van der Waals surface area contributed by atoms with Crippen LogP contribution in [0.25, 0.3) is 5.76 Å². The Bertz CT molecular complexity index is 543. The molecule has 0 spiro atoms. The van der Waals surface area contributed by atoms with Crippen LogP contribution in [0.2, 0.25) is 10.0 Å². The number of hydrogen-bond acceptors (Lipinski definition) is 2. The molecule has 0 N–H and O–H groups in total. The van der Waals surface area contributed by atoms with Gasteiger partial charge in [0.1, 0.15) is 0 Å². The lowest BCUT2D eigenvalue weighted by molar-refractivity contribution is -0.244. The SMILES string of the molecule is O=C(/C=C(\[O-])c1cc(Cl)c(C(F)(F)F)c(Cl)c1)C(F)F. The van der Waals surface area contributed by atoms with Gasteiger partial charge in [-0.05, 0) is 23.8 Å². The molecule has 0 radical (unpaired) electrons. The number of benzene rings is 1. The maximum atomic E-state index is 12.5. The molecule has 2 nitrogen and oxygen atoms in total. The number of alkyl halides is 5. The summed E-state index contributed by atoms with van der Waals surface area (Å²) < 4.78 is 61.5. The third kappa shape index (κ3) is 3.83. The number of carbonyl (C=O) groups excluding carboxylic acids is 1. The highest BCUT2D eigenvalue weighted by Crippen LogP contribution is 2.40. The van der Waals surface area contributed by atoms with Crippen LogP contribution in [0.15, 0.2) is 18.2 Å². The van der Waals surface area contributed by atoms with Gasteiger partial charge < -0.3 is 5.11 Å². The summed E-state index contributed by atoms with van der Waals surface area (Å²) in [6.07, 6.45) is -8.16. The number of hydrogen-bond donors (Lipinski definition) is 0. The van der Waals surface area contributed by atoms with E-state index in [-0.39, 0.29) is 6.08 Å². The minimum absolute atomic E-state index is 0.0694. The quantitative estimate of drug-likeness (QED) is 0.482. The van der Waals surface area contributed by atoms with E-state index in [0.29, 0.717) is 12.1 Å². The molecular weight excluding hydrogens is 330 g/mol. The molecule has 0 atom stereocenters. The number of halogens is 7. The van der Waals surface area contributed by atoms with Gasteiger partial charge in [0.2, 0.25) is 5.78 Å². The topological polar surface area (TPSA) is 40.1 Å². The van der Waals surface area contributed by atoms with E-state index in [1.54, 1.807) is 0 Å². The molecule has 0 aromatic heterocycles. The van der Waals surface area contributed by atoms with Crippen LogP contribution in [0.1, 0.15) is 11.1 Å². The third-order valence-electron chi connectivity index (χ3n) is 2.10. The first-order valence-corrected chi connectivity index (χ1v) is 5.57. The zero-order valence-electron chi connectivity index (χ0n) is 9.27. The third-order valence-corrected chi connectivity index (χ3v) is 2.69. The van der Waals surface area contributed by atoms with E-state index < -0.39 is 45.3 Å². The molecule has 1 rings (SSSR count). The predicted molar refractivity (Wildman–Crippen MR) is 60.5 cm³/mol. The molecule has 0 aliphatic rings. The van der Waals surface area contributed by atoms with Gasteiger partial charge in [0.05, 0.1) is 15.6 Å². The summed E-state index contributed by atoms with van der Waals surface area (Å²) in [5, 5.41) is 9.68. The van der Waals surface area contributed by atoms with Crippen LogP contribution in [-0.2, 0) is 11.0 Å². The fourth-order valence-electron chi connectivity index (χ4n) is 1.26. The van der Waals surface area contributed by atoms with Crippen LogP contribution in [0.5, 0.6) is 0 Å². The molecule has 110 valence electrons. The monoisotopic (exact) mass is 333 g/mol. The maximum absolute atomic E-state index is 12.5. The lowest BCUT2D eigenvalue weighted by Gasteiger charge is -2.16. The fraction of sp³-hybridized carbons (Fsp3) is 0.182. The Morgan fingerprint density at radius 1 is 1.20 bits per heavy atom. The molecule has 0 aliphatic carbocycles. The minimum atomic E-state index is -4.84. The number of carbonyl (C=O) groups is 1. The average molecular weight is 334 g/mol. The standard InChI is InChI=1S/C11H5Cl2F5O2/c12-5-1-4(7(19)3-8(20)10(14)15)2-6(13)9(5)11(16,17)18/h1-3,10,19H/p-1/b7-3-. The number of ketones is 1. The lowest BCUT2D eigenvalue weighted by Crippen LogP contribution is -2.12. The van der Waals surface area contributed by atoms with E-state index in [1.165, 1.54) is 0 Å². The summed E-state index contributed by atoms with van der Waals surface area (Å²) >= 11 is 10.7. The summed E-state index contributed by atoms with van der Waals surface area (Å²) in [5.74, 6) is -2.98. The van der Waals surface area contributed by atoms with Crippen molar-refractivity contribution in [2.45, 2.75) is 12.6 Å². The van der Waals surface area contributed by atoms with E-state index >= 15 is 0 Å². The Hall–Kier alpha value is -1.34. The zero-order chi connectivity index (χ0) is 15.7. The second kappa shape index (κ2) is 5.97. The van der Waals surface area contributed by atoms with Crippen LogP contribution >= 0.6 is 23.2 Å². The highest BCUT2D eigenvalue weighted by atomic mass is 35.5.